The smallest absolute Gasteiger partial charge is 0.303 e. The van der Waals surface area contributed by atoms with Crippen LogP contribution in [0, 0.1) is 0 Å². The van der Waals surface area contributed by atoms with E-state index in [1.807, 2.05) is 0 Å². The van der Waals surface area contributed by atoms with Gasteiger partial charge in [0.1, 0.15) is 0 Å². The maximum Gasteiger partial charge on any atom is 0.303 e. The number of rotatable bonds is 6. The molecule has 0 aliphatic heterocycles. The van der Waals surface area contributed by atoms with Crippen LogP contribution >= 0.6 is 0 Å². The molecule has 0 aliphatic rings. The Hall–Kier alpha value is -0.660. The van der Waals surface area contributed by atoms with Gasteiger partial charge in [-0.15, -0.1) is 0 Å². The average molecular weight is 210 g/mol. The van der Waals surface area contributed by atoms with E-state index < -0.39 is 16.2 Å². The standard InChI is InChI=1S/C6H14N2O4S/c1-8(2)13(11,12)7-5-3-4-6(9)10/h7H,3-5H2,1-2H3,(H,9,10). The number of nitrogens with one attached hydrogen (secondary N) is 1. The van der Waals surface area contributed by atoms with E-state index in [1.165, 1.54) is 14.1 Å². The van der Waals surface area contributed by atoms with Crippen LogP contribution in [0.25, 0.3) is 0 Å². The molecule has 6 nitrogen and oxygen atoms in total. The van der Waals surface area contributed by atoms with Crippen molar-refractivity contribution in [2.75, 3.05) is 20.6 Å². The molecule has 0 saturated heterocycles. The van der Waals surface area contributed by atoms with E-state index in [0.29, 0.717) is 6.42 Å². The highest BCUT2D eigenvalue weighted by atomic mass is 32.2. The van der Waals surface area contributed by atoms with Gasteiger partial charge in [-0.2, -0.15) is 12.7 Å². The lowest BCUT2D eigenvalue weighted by atomic mass is 10.3. The molecule has 0 amide bonds. The first-order valence-electron chi connectivity index (χ1n) is 3.75. The van der Waals surface area contributed by atoms with Gasteiger partial charge < -0.3 is 5.11 Å². The maximum absolute atomic E-state index is 11.0. The van der Waals surface area contributed by atoms with Gasteiger partial charge in [-0.1, -0.05) is 0 Å². The van der Waals surface area contributed by atoms with E-state index in [0.717, 1.165) is 4.31 Å². The van der Waals surface area contributed by atoms with Gasteiger partial charge in [0.05, 0.1) is 0 Å². The Balaban J connectivity index is 3.72. The summed E-state index contributed by atoms with van der Waals surface area (Å²) in [7, 11) is -0.601. The molecule has 0 spiro atoms. The average Bonchev–Trinajstić information content (AvgIpc) is 1.97. The van der Waals surface area contributed by atoms with Crippen molar-refractivity contribution in [3.05, 3.63) is 0 Å². The third-order valence-corrected chi connectivity index (χ3v) is 2.86. The Labute approximate surface area is 77.7 Å². The molecule has 0 atom stereocenters. The Morgan fingerprint density at radius 1 is 1.46 bits per heavy atom. The molecule has 13 heavy (non-hydrogen) atoms. The number of hydrogen-bond donors (Lipinski definition) is 2. The van der Waals surface area contributed by atoms with Crippen LogP contribution in [0.2, 0.25) is 0 Å². The van der Waals surface area contributed by atoms with Crippen molar-refractivity contribution in [3.63, 3.8) is 0 Å². The number of nitrogens with zero attached hydrogens (tertiary/aromatic N) is 1. The molecule has 78 valence electrons. The van der Waals surface area contributed by atoms with E-state index >= 15 is 0 Å². The van der Waals surface area contributed by atoms with Crippen molar-refractivity contribution in [2.45, 2.75) is 12.8 Å². The molecule has 2 N–H and O–H groups in total. The van der Waals surface area contributed by atoms with Gasteiger partial charge in [-0.25, -0.2) is 4.72 Å². The van der Waals surface area contributed by atoms with Crippen LogP contribution in [0.15, 0.2) is 0 Å². The minimum atomic E-state index is -3.41. The molecule has 0 fully saturated rings. The van der Waals surface area contributed by atoms with Crippen molar-refractivity contribution >= 4 is 16.2 Å². The van der Waals surface area contributed by atoms with E-state index in [9.17, 15) is 13.2 Å². The van der Waals surface area contributed by atoms with Gasteiger partial charge in [-0.05, 0) is 6.42 Å². The van der Waals surface area contributed by atoms with Gasteiger partial charge in [0.25, 0.3) is 10.2 Å². The van der Waals surface area contributed by atoms with E-state index in [1.54, 1.807) is 0 Å². The van der Waals surface area contributed by atoms with Crippen molar-refractivity contribution in [2.24, 2.45) is 0 Å². The fourth-order valence-electron chi connectivity index (χ4n) is 0.570. The normalized spacial score (nSPS) is 11.9. The molecule has 0 aromatic rings. The van der Waals surface area contributed by atoms with Crippen molar-refractivity contribution in [3.8, 4) is 0 Å². The lowest BCUT2D eigenvalue weighted by Crippen LogP contribution is -2.36. The van der Waals surface area contributed by atoms with E-state index in [2.05, 4.69) is 4.72 Å². The van der Waals surface area contributed by atoms with Gasteiger partial charge in [-0.3, -0.25) is 4.79 Å². The molecule has 0 aliphatic carbocycles. The summed E-state index contributed by atoms with van der Waals surface area (Å²) >= 11 is 0. The second kappa shape index (κ2) is 5.15. The minimum absolute atomic E-state index is 0.0318. The molecular formula is C6H14N2O4S. The van der Waals surface area contributed by atoms with Gasteiger partial charge in [0.15, 0.2) is 0 Å². The molecule has 0 bridgehead atoms. The number of carboxylic acids is 1. The van der Waals surface area contributed by atoms with Crippen LogP contribution in [0.4, 0.5) is 0 Å². The first-order chi connectivity index (χ1) is 5.86. The Morgan fingerprint density at radius 2 is 2.00 bits per heavy atom. The summed E-state index contributed by atoms with van der Waals surface area (Å²) in [5, 5.41) is 8.26. The lowest BCUT2D eigenvalue weighted by molar-refractivity contribution is -0.137. The highest BCUT2D eigenvalue weighted by Crippen LogP contribution is 1.91. The molecule has 0 rings (SSSR count). The molecule has 0 heterocycles. The van der Waals surface area contributed by atoms with Crippen LogP contribution < -0.4 is 4.72 Å². The highest BCUT2D eigenvalue weighted by molar-refractivity contribution is 7.87. The molecular weight excluding hydrogens is 196 g/mol. The van der Waals surface area contributed by atoms with Crippen LogP contribution in [0.1, 0.15) is 12.8 Å². The molecule has 0 saturated carbocycles. The number of aliphatic carboxylic acids is 1. The third-order valence-electron chi connectivity index (χ3n) is 1.33. The first kappa shape index (κ1) is 12.3. The quantitative estimate of drug-likeness (QED) is 0.564. The lowest BCUT2D eigenvalue weighted by Gasteiger charge is -2.11. The summed E-state index contributed by atoms with van der Waals surface area (Å²) in [4.78, 5) is 10.1. The topological polar surface area (TPSA) is 86.7 Å². The zero-order chi connectivity index (χ0) is 10.5. The van der Waals surface area contributed by atoms with Gasteiger partial charge >= 0.3 is 5.97 Å². The second-order valence-corrected chi connectivity index (χ2v) is 4.65. The molecule has 0 unspecified atom stereocenters. The fraction of sp³-hybridized carbons (Fsp3) is 0.833. The predicted molar refractivity (Wildman–Crippen MR) is 47.5 cm³/mol. The highest BCUT2D eigenvalue weighted by Gasteiger charge is 2.11. The van der Waals surface area contributed by atoms with E-state index in [4.69, 9.17) is 5.11 Å². The molecule has 0 aromatic carbocycles. The van der Waals surface area contributed by atoms with Crippen molar-refractivity contribution < 1.29 is 18.3 Å². The Bertz CT molecular complexity index is 260. The summed E-state index contributed by atoms with van der Waals surface area (Å²) in [6.07, 6.45) is 0.262. The van der Waals surface area contributed by atoms with Crippen LogP contribution in [0.3, 0.4) is 0 Å². The van der Waals surface area contributed by atoms with Crippen LogP contribution in [-0.4, -0.2) is 44.4 Å². The monoisotopic (exact) mass is 210 g/mol. The van der Waals surface area contributed by atoms with E-state index in [-0.39, 0.29) is 13.0 Å². The Kier molecular flexibility index (Phi) is 4.89. The first-order valence-corrected chi connectivity index (χ1v) is 5.19. The summed E-state index contributed by atoms with van der Waals surface area (Å²) in [6, 6.07) is 0. The van der Waals surface area contributed by atoms with Crippen LogP contribution in [-0.2, 0) is 15.0 Å². The Morgan fingerprint density at radius 3 is 2.38 bits per heavy atom. The van der Waals surface area contributed by atoms with Crippen molar-refractivity contribution in [1.29, 1.82) is 0 Å². The number of hydrogen-bond acceptors (Lipinski definition) is 3. The summed E-state index contributed by atoms with van der Waals surface area (Å²) < 4.78 is 25.4. The van der Waals surface area contributed by atoms with Crippen molar-refractivity contribution in [1.82, 2.24) is 9.03 Å². The molecule has 7 heteroatoms. The third kappa shape index (κ3) is 5.56. The largest absolute Gasteiger partial charge is 0.481 e. The number of carbonyl (C=O) groups is 1. The maximum atomic E-state index is 11.0. The fourth-order valence-corrected chi connectivity index (χ4v) is 1.23. The van der Waals surface area contributed by atoms with Gasteiger partial charge in [0, 0.05) is 27.1 Å². The molecule has 0 radical (unpaired) electrons. The number of carboxylic acid groups (broad SMARTS) is 1. The summed E-state index contributed by atoms with van der Waals surface area (Å²) in [6.45, 7) is 0.146. The zero-order valence-corrected chi connectivity index (χ0v) is 8.47. The summed E-state index contributed by atoms with van der Waals surface area (Å²) in [5.74, 6) is -0.927. The SMILES string of the molecule is CN(C)S(=O)(=O)NCCCC(=O)O. The summed E-state index contributed by atoms with van der Waals surface area (Å²) in [5.41, 5.74) is 0. The molecule has 0 aromatic heterocycles. The second-order valence-electron chi connectivity index (χ2n) is 2.68. The minimum Gasteiger partial charge on any atom is -0.481 e. The zero-order valence-electron chi connectivity index (χ0n) is 7.65. The predicted octanol–water partition coefficient (Wildman–Crippen LogP) is -0.753. The van der Waals surface area contributed by atoms with Crippen LogP contribution in [0.5, 0.6) is 0 Å². The van der Waals surface area contributed by atoms with Gasteiger partial charge in [0.2, 0.25) is 0 Å².